The minimum Gasteiger partial charge on any atom is -0.467 e. The summed E-state index contributed by atoms with van der Waals surface area (Å²) in [6.45, 7) is 0.408. The molecule has 2 aromatic heterocycles. The molecule has 2 aromatic carbocycles. The molecule has 0 amide bonds. The van der Waals surface area contributed by atoms with Crippen molar-refractivity contribution in [2.45, 2.75) is 6.54 Å². The van der Waals surface area contributed by atoms with Gasteiger partial charge in [-0.05, 0) is 24.3 Å². The molecule has 0 spiro atoms. The number of nitrogens with one attached hydrogen (secondary N) is 2. The lowest BCUT2D eigenvalue weighted by Crippen LogP contribution is -2.06. The number of anilines is 3. The lowest BCUT2D eigenvalue weighted by atomic mass is 10.2. The Kier molecular flexibility index (Phi) is 4.97. The molecule has 0 aliphatic heterocycles. The maximum Gasteiger partial charge on any atom is 0.163 e. The van der Waals surface area contributed by atoms with Gasteiger partial charge in [0.05, 0.1) is 12.8 Å². The number of nitrogens with zero attached hydrogens (tertiary/aromatic N) is 2. The Hall–Kier alpha value is -3.74. The van der Waals surface area contributed by atoms with Crippen LogP contribution in [0, 0.1) is 11.6 Å². The summed E-state index contributed by atoms with van der Waals surface area (Å²) in [5.74, 6) is 0.498. The quantitative estimate of drug-likeness (QED) is 0.472. The zero-order valence-electron chi connectivity index (χ0n) is 14.7. The molecule has 2 N–H and O–H groups in total. The summed E-state index contributed by atoms with van der Waals surface area (Å²) in [5.41, 5.74) is 0.512. The summed E-state index contributed by atoms with van der Waals surface area (Å²) >= 11 is 0. The molecule has 7 heteroatoms. The molecular weight excluding hydrogens is 362 g/mol. The zero-order chi connectivity index (χ0) is 19.3. The van der Waals surface area contributed by atoms with Crippen molar-refractivity contribution >= 4 is 17.3 Å². The van der Waals surface area contributed by atoms with E-state index in [0.29, 0.717) is 18.2 Å². The maximum atomic E-state index is 14.0. The van der Waals surface area contributed by atoms with E-state index in [9.17, 15) is 8.78 Å². The third-order valence-corrected chi connectivity index (χ3v) is 4.00. The smallest absolute Gasteiger partial charge is 0.163 e. The number of rotatable bonds is 6. The fourth-order valence-electron chi connectivity index (χ4n) is 2.65. The average Bonchev–Trinajstić information content (AvgIpc) is 3.24. The topological polar surface area (TPSA) is 63.0 Å². The SMILES string of the molecule is Fc1cccc(F)c1Nc1cc(NCc2ccco2)nc(-c2ccccc2)n1. The third-order valence-electron chi connectivity index (χ3n) is 4.00. The fourth-order valence-corrected chi connectivity index (χ4v) is 2.65. The lowest BCUT2D eigenvalue weighted by Gasteiger charge is -2.12. The number of aromatic nitrogens is 2. The molecule has 0 unspecified atom stereocenters. The minimum absolute atomic E-state index is 0.264. The van der Waals surface area contributed by atoms with Gasteiger partial charge < -0.3 is 15.1 Å². The van der Waals surface area contributed by atoms with Crippen LogP contribution < -0.4 is 10.6 Å². The van der Waals surface area contributed by atoms with Gasteiger partial charge in [0.2, 0.25) is 0 Å². The Labute approximate surface area is 160 Å². The first-order chi connectivity index (χ1) is 13.7. The summed E-state index contributed by atoms with van der Waals surface area (Å²) in [5, 5.41) is 5.86. The highest BCUT2D eigenvalue weighted by atomic mass is 19.1. The van der Waals surface area contributed by atoms with Gasteiger partial charge in [-0.2, -0.15) is 0 Å². The molecule has 0 aliphatic carbocycles. The fraction of sp³-hybridized carbons (Fsp3) is 0.0476. The lowest BCUT2D eigenvalue weighted by molar-refractivity contribution is 0.518. The molecule has 0 saturated heterocycles. The van der Waals surface area contributed by atoms with E-state index < -0.39 is 11.6 Å². The van der Waals surface area contributed by atoms with Gasteiger partial charge in [0.25, 0.3) is 0 Å². The highest BCUT2D eigenvalue weighted by Crippen LogP contribution is 2.26. The van der Waals surface area contributed by atoms with Crippen LogP contribution in [0.25, 0.3) is 11.4 Å². The summed E-state index contributed by atoms with van der Waals surface area (Å²) in [6.07, 6.45) is 1.58. The predicted octanol–water partition coefficient (Wildman–Crippen LogP) is 5.37. The summed E-state index contributed by atoms with van der Waals surface area (Å²) in [4.78, 5) is 8.91. The molecule has 28 heavy (non-hydrogen) atoms. The highest BCUT2D eigenvalue weighted by Gasteiger charge is 2.12. The van der Waals surface area contributed by atoms with Crippen molar-refractivity contribution in [2.24, 2.45) is 0 Å². The van der Waals surface area contributed by atoms with E-state index in [2.05, 4.69) is 20.6 Å². The Morgan fingerprint density at radius 3 is 2.29 bits per heavy atom. The van der Waals surface area contributed by atoms with Crippen LogP contribution in [-0.4, -0.2) is 9.97 Å². The largest absolute Gasteiger partial charge is 0.467 e. The molecule has 0 saturated carbocycles. The minimum atomic E-state index is -0.704. The number of para-hydroxylation sites is 1. The second kappa shape index (κ2) is 7.87. The Balaban J connectivity index is 1.69. The van der Waals surface area contributed by atoms with Gasteiger partial charge in [0.1, 0.15) is 34.7 Å². The first-order valence-electron chi connectivity index (χ1n) is 8.61. The molecule has 5 nitrogen and oxygen atoms in total. The van der Waals surface area contributed by atoms with Crippen LogP contribution in [0.2, 0.25) is 0 Å². The summed E-state index contributed by atoms with van der Waals surface area (Å²) in [6, 6.07) is 18.2. The highest BCUT2D eigenvalue weighted by molar-refractivity contribution is 5.65. The second-order valence-electron chi connectivity index (χ2n) is 5.98. The maximum absolute atomic E-state index is 14.0. The van der Waals surface area contributed by atoms with Crippen molar-refractivity contribution in [3.63, 3.8) is 0 Å². The first-order valence-corrected chi connectivity index (χ1v) is 8.61. The van der Waals surface area contributed by atoms with Crippen molar-refractivity contribution in [1.82, 2.24) is 9.97 Å². The standard InChI is InChI=1S/C21H16F2N4O/c22-16-9-4-10-17(23)20(16)25-19-12-18(24-13-15-8-5-11-28-15)26-21(27-19)14-6-2-1-3-7-14/h1-12H,13H2,(H2,24,25,26,27). The van der Waals surface area contributed by atoms with Gasteiger partial charge in [-0.15, -0.1) is 0 Å². The monoisotopic (exact) mass is 378 g/mol. The van der Waals surface area contributed by atoms with E-state index in [1.165, 1.54) is 18.2 Å². The van der Waals surface area contributed by atoms with E-state index in [-0.39, 0.29) is 11.5 Å². The van der Waals surface area contributed by atoms with Crippen molar-refractivity contribution in [3.8, 4) is 11.4 Å². The third kappa shape index (κ3) is 3.98. The molecular formula is C21H16F2N4O. The van der Waals surface area contributed by atoms with Gasteiger partial charge >= 0.3 is 0 Å². The van der Waals surface area contributed by atoms with E-state index in [1.807, 2.05) is 36.4 Å². The predicted molar refractivity (Wildman–Crippen MR) is 103 cm³/mol. The van der Waals surface area contributed by atoms with Crippen LogP contribution >= 0.6 is 0 Å². The van der Waals surface area contributed by atoms with Gasteiger partial charge in [-0.1, -0.05) is 36.4 Å². The van der Waals surface area contributed by atoms with Gasteiger partial charge in [-0.3, -0.25) is 0 Å². The van der Waals surface area contributed by atoms with Crippen molar-refractivity contribution < 1.29 is 13.2 Å². The average molecular weight is 378 g/mol. The molecule has 4 rings (SSSR count). The van der Waals surface area contributed by atoms with E-state index >= 15 is 0 Å². The number of halogens is 2. The van der Waals surface area contributed by atoms with Gasteiger partial charge in [0.15, 0.2) is 5.82 Å². The number of hydrogen-bond acceptors (Lipinski definition) is 5. The van der Waals surface area contributed by atoms with E-state index in [4.69, 9.17) is 4.42 Å². The second-order valence-corrected chi connectivity index (χ2v) is 5.98. The van der Waals surface area contributed by atoms with Gasteiger partial charge in [-0.25, -0.2) is 18.7 Å². The molecule has 0 bridgehead atoms. The number of furan rings is 1. The van der Waals surface area contributed by atoms with Crippen LogP contribution in [0.15, 0.2) is 77.4 Å². The van der Waals surface area contributed by atoms with Gasteiger partial charge in [0, 0.05) is 11.6 Å². The van der Waals surface area contributed by atoms with Crippen LogP contribution in [-0.2, 0) is 6.54 Å². The number of benzene rings is 2. The molecule has 2 heterocycles. The van der Waals surface area contributed by atoms with Crippen molar-refractivity contribution in [2.75, 3.05) is 10.6 Å². The van der Waals surface area contributed by atoms with E-state index in [0.717, 1.165) is 11.3 Å². The molecule has 0 fully saturated rings. The van der Waals surface area contributed by atoms with Crippen molar-refractivity contribution in [1.29, 1.82) is 0 Å². The van der Waals surface area contributed by atoms with Crippen molar-refractivity contribution in [3.05, 3.63) is 90.4 Å². The molecule has 0 aliphatic rings. The van der Waals surface area contributed by atoms with Crippen LogP contribution in [0.5, 0.6) is 0 Å². The first kappa shape index (κ1) is 17.7. The number of hydrogen-bond donors (Lipinski definition) is 2. The Morgan fingerprint density at radius 2 is 1.57 bits per heavy atom. The zero-order valence-corrected chi connectivity index (χ0v) is 14.7. The molecule has 4 aromatic rings. The normalized spacial score (nSPS) is 10.6. The van der Waals surface area contributed by atoms with Crippen LogP contribution in [0.1, 0.15) is 5.76 Å². The molecule has 140 valence electrons. The van der Waals surface area contributed by atoms with E-state index in [1.54, 1.807) is 18.4 Å². The molecule has 0 atom stereocenters. The Morgan fingerprint density at radius 1 is 0.821 bits per heavy atom. The molecule has 0 radical (unpaired) electrons. The Bertz CT molecular complexity index is 1050. The summed E-state index contributed by atoms with van der Waals surface area (Å²) < 4.78 is 33.3. The van der Waals surface area contributed by atoms with Crippen LogP contribution in [0.4, 0.5) is 26.1 Å². The summed E-state index contributed by atoms with van der Waals surface area (Å²) in [7, 11) is 0. The van der Waals surface area contributed by atoms with Crippen LogP contribution in [0.3, 0.4) is 0 Å².